The second kappa shape index (κ2) is 5.56. The Labute approximate surface area is 123 Å². The Morgan fingerprint density at radius 1 is 1.19 bits per heavy atom. The Bertz CT molecular complexity index is 820. The third-order valence-corrected chi connectivity index (χ3v) is 3.41. The van der Waals surface area contributed by atoms with Crippen molar-refractivity contribution in [3.8, 4) is 11.5 Å². The number of hydrogen-bond donors (Lipinski definition) is 1. The Hall–Kier alpha value is -2.36. The van der Waals surface area contributed by atoms with Gasteiger partial charge in [-0.1, -0.05) is 0 Å². The molecule has 1 aromatic rings. The monoisotopic (exact) mass is 281 g/mol. The van der Waals surface area contributed by atoms with Crippen LogP contribution in [0.3, 0.4) is 0 Å². The van der Waals surface area contributed by atoms with Crippen molar-refractivity contribution in [1.29, 1.82) is 0 Å². The molecule has 1 aliphatic heterocycles. The number of fused-ring (bicyclic) bond motifs is 2. The standard InChI is InChI=1S/C17H19N3O/c1-4-18-12-6-7-13-16(9-12)21-17-10-14(19-5-2)11(3)8-15(17)20-13/h6-10,18H,4-5H2,1-3H3/b19-14-. The third kappa shape index (κ3) is 2.61. The maximum Gasteiger partial charge on any atom is 0.155 e. The van der Waals surface area contributed by atoms with Gasteiger partial charge in [0.2, 0.25) is 0 Å². The zero-order valence-electron chi connectivity index (χ0n) is 12.6. The third-order valence-electron chi connectivity index (χ3n) is 3.41. The Balaban J connectivity index is 2.24. The van der Waals surface area contributed by atoms with E-state index in [1.165, 1.54) is 0 Å². The van der Waals surface area contributed by atoms with Crippen molar-refractivity contribution >= 4 is 16.8 Å². The predicted octanol–water partition coefficient (Wildman–Crippen LogP) is 3.59. The average molecular weight is 281 g/mol. The fourth-order valence-electron chi connectivity index (χ4n) is 2.42. The molecule has 0 atom stereocenters. The van der Waals surface area contributed by atoms with E-state index in [0.717, 1.165) is 52.3 Å². The van der Waals surface area contributed by atoms with Gasteiger partial charge in [-0.3, -0.25) is 4.99 Å². The van der Waals surface area contributed by atoms with E-state index in [4.69, 9.17) is 4.42 Å². The second-order valence-electron chi connectivity index (χ2n) is 5.01. The fraction of sp³-hybridized carbons (Fsp3) is 0.294. The van der Waals surface area contributed by atoms with Gasteiger partial charge in [0.1, 0.15) is 11.2 Å². The molecule has 1 N–H and O–H groups in total. The Morgan fingerprint density at radius 3 is 2.81 bits per heavy atom. The molecule has 0 amide bonds. The van der Waals surface area contributed by atoms with Crippen molar-refractivity contribution in [2.24, 2.45) is 4.99 Å². The molecule has 1 heterocycles. The number of aromatic nitrogens is 1. The normalized spacial score (nSPS) is 12.2. The van der Waals surface area contributed by atoms with Crippen LogP contribution in [-0.2, 0) is 0 Å². The van der Waals surface area contributed by atoms with Crippen LogP contribution in [0.5, 0.6) is 0 Å². The van der Waals surface area contributed by atoms with Crippen LogP contribution < -0.4 is 10.7 Å². The number of benzene rings is 2. The van der Waals surface area contributed by atoms with Crippen molar-refractivity contribution in [2.75, 3.05) is 18.4 Å². The van der Waals surface area contributed by atoms with E-state index in [9.17, 15) is 0 Å². The molecule has 0 aromatic heterocycles. The highest BCUT2D eigenvalue weighted by molar-refractivity contribution is 5.79. The Kier molecular flexibility index (Phi) is 3.60. The number of anilines is 1. The van der Waals surface area contributed by atoms with Gasteiger partial charge in [0.25, 0.3) is 0 Å². The minimum Gasteiger partial charge on any atom is -0.453 e. The molecule has 1 aromatic carbocycles. The van der Waals surface area contributed by atoms with E-state index in [0.29, 0.717) is 0 Å². The van der Waals surface area contributed by atoms with E-state index >= 15 is 0 Å². The van der Waals surface area contributed by atoms with Gasteiger partial charge in [0.15, 0.2) is 11.3 Å². The minimum atomic E-state index is 0.762. The zero-order chi connectivity index (χ0) is 14.8. The lowest BCUT2D eigenvalue weighted by atomic mass is 10.1. The molecule has 2 aliphatic rings. The average Bonchev–Trinajstić information content (AvgIpc) is 2.47. The largest absolute Gasteiger partial charge is 0.453 e. The topological polar surface area (TPSA) is 50.4 Å². The highest BCUT2D eigenvalue weighted by Crippen LogP contribution is 2.26. The molecule has 0 bridgehead atoms. The summed E-state index contributed by atoms with van der Waals surface area (Å²) in [6.07, 6.45) is 0. The summed E-state index contributed by atoms with van der Waals surface area (Å²) in [6.45, 7) is 7.79. The molecule has 0 saturated carbocycles. The summed E-state index contributed by atoms with van der Waals surface area (Å²) in [7, 11) is 0. The van der Waals surface area contributed by atoms with Crippen LogP contribution in [0, 0.1) is 6.92 Å². The first-order valence-corrected chi connectivity index (χ1v) is 7.31. The lowest BCUT2D eigenvalue weighted by Gasteiger charge is -2.09. The first-order chi connectivity index (χ1) is 10.2. The van der Waals surface area contributed by atoms with E-state index in [-0.39, 0.29) is 0 Å². The molecule has 4 heteroatoms. The summed E-state index contributed by atoms with van der Waals surface area (Å²) in [4.78, 5) is 9.16. The first kappa shape index (κ1) is 13.6. The lowest BCUT2D eigenvalue weighted by molar-refractivity contribution is 0.612. The predicted molar refractivity (Wildman–Crippen MR) is 85.6 cm³/mol. The molecule has 3 rings (SSSR count). The maximum atomic E-state index is 6.01. The van der Waals surface area contributed by atoms with Crippen LogP contribution >= 0.6 is 0 Å². The van der Waals surface area contributed by atoms with Gasteiger partial charge in [-0.2, -0.15) is 0 Å². The molecule has 21 heavy (non-hydrogen) atoms. The van der Waals surface area contributed by atoms with Crippen molar-refractivity contribution in [2.45, 2.75) is 20.8 Å². The van der Waals surface area contributed by atoms with Gasteiger partial charge in [-0.15, -0.1) is 0 Å². The molecule has 0 fully saturated rings. The van der Waals surface area contributed by atoms with Crippen LogP contribution in [-0.4, -0.2) is 18.1 Å². The van der Waals surface area contributed by atoms with E-state index in [1.807, 2.05) is 44.2 Å². The molecule has 108 valence electrons. The first-order valence-electron chi connectivity index (χ1n) is 7.31. The molecular weight excluding hydrogens is 262 g/mol. The number of aryl methyl sites for hydroxylation is 1. The summed E-state index contributed by atoms with van der Waals surface area (Å²) in [5.41, 5.74) is 4.68. The molecule has 4 nitrogen and oxygen atoms in total. The Morgan fingerprint density at radius 2 is 2.05 bits per heavy atom. The summed E-state index contributed by atoms with van der Waals surface area (Å²) in [6, 6.07) is 10.00. The van der Waals surface area contributed by atoms with Crippen molar-refractivity contribution in [3.05, 3.63) is 41.3 Å². The highest BCUT2D eigenvalue weighted by Gasteiger charge is 2.10. The molecular formula is C17H19N3O. The SMILES string of the molecule is CC/N=c1/cc2oc3cc(NCC)ccc3nc-2cc1C. The van der Waals surface area contributed by atoms with Crippen LogP contribution in [0.25, 0.3) is 22.6 Å². The highest BCUT2D eigenvalue weighted by atomic mass is 16.3. The minimum absolute atomic E-state index is 0.762. The summed E-state index contributed by atoms with van der Waals surface area (Å²) >= 11 is 0. The molecule has 0 unspecified atom stereocenters. The lowest BCUT2D eigenvalue weighted by Crippen LogP contribution is -2.08. The number of nitrogens with zero attached hydrogens (tertiary/aromatic N) is 2. The summed E-state index contributed by atoms with van der Waals surface area (Å²) in [5.74, 6) is 0.772. The fourth-order valence-corrected chi connectivity index (χ4v) is 2.42. The van der Waals surface area contributed by atoms with Crippen molar-refractivity contribution in [3.63, 3.8) is 0 Å². The summed E-state index contributed by atoms with van der Waals surface area (Å²) in [5, 5.41) is 4.25. The number of rotatable bonds is 3. The van der Waals surface area contributed by atoms with Gasteiger partial charge in [-0.25, -0.2) is 4.98 Å². The van der Waals surface area contributed by atoms with Crippen molar-refractivity contribution in [1.82, 2.24) is 4.98 Å². The molecule has 0 radical (unpaired) electrons. The van der Waals surface area contributed by atoms with E-state index in [1.54, 1.807) is 0 Å². The van der Waals surface area contributed by atoms with Crippen LogP contribution in [0.4, 0.5) is 5.69 Å². The maximum absolute atomic E-state index is 6.01. The second-order valence-corrected chi connectivity index (χ2v) is 5.01. The molecule has 1 aliphatic carbocycles. The number of nitrogens with one attached hydrogen (secondary N) is 1. The van der Waals surface area contributed by atoms with E-state index in [2.05, 4.69) is 22.2 Å². The van der Waals surface area contributed by atoms with Crippen molar-refractivity contribution < 1.29 is 4.42 Å². The van der Waals surface area contributed by atoms with Crippen LogP contribution in [0.15, 0.2) is 39.7 Å². The van der Waals surface area contributed by atoms with Gasteiger partial charge in [-0.05, 0) is 44.5 Å². The number of hydrogen-bond acceptors (Lipinski definition) is 4. The van der Waals surface area contributed by atoms with Gasteiger partial charge >= 0.3 is 0 Å². The van der Waals surface area contributed by atoms with Crippen LogP contribution in [0.2, 0.25) is 0 Å². The van der Waals surface area contributed by atoms with Gasteiger partial charge in [0, 0.05) is 30.9 Å². The molecule has 0 spiro atoms. The summed E-state index contributed by atoms with van der Waals surface area (Å²) < 4.78 is 6.01. The smallest absolute Gasteiger partial charge is 0.155 e. The zero-order valence-corrected chi connectivity index (χ0v) is 12.6. The van der Waals surface area contributed by atoms with Gasteiger partial charge < -0.3 is 9.73 Å². The van der Waals surface area contributed by atoms with E-state index < -0.39 is 0 Å². The van der Waals surface area contributed by atoms with Crippen LogP contribution in [0.1, 0.15) is 19.4 Å². The quantitative estimate of drug-likeness (QED) is 0.746. The molecule has 0 saturated heterocycles. The van der Waals surface area contributed by atoms with Gasteiger partial charge in [0.05, 0.1) is 5.36 Å².